The molecule has 2 heterocycles. The molecule has 1 aromatic heterocycles. The molecule has 0 radical (unpaired) electrons. The topological polar surface area (TPSA) is 50.8 Å². The van der Waals surface area contributed by atoms with E-state index < -0.39 is 5.79 Å². The fraction of sp³-hybridized carbons (Fsp3) is 0.450. The van der Waals surface area contributed by atoms with Crippen LogP contribution in [0.1, 0.15) is 37.7 Å². The summed E-state index contributed by atoms with van der Waals surface area (Å²) in [7, 11) is 1.95. The molecule has 26 heavy (non-hydrogen) atoms. The molecule has 0 unspecified atom stereocenters. The molecule has 5 nitrogen and oxygen atoms in total. The molecular formula is C20H24N2O3S. The lowest BCUT2D eigenvalue weighted by molar-refractivity contribution is -0.117. The van der Waals surface area contributed by atoms with Crippen LogP contribution in [0.2, 0.25) is 0 Å². The number of likely N-dealkylation sites (N-methyl/N-ethyl adjacent to an activating group) is 1. The maximum Gasteiger partial charge on any atom is 0.251 e. The molecule has 0 bridgehead atoms. The number of anilines is 1. The Kier molecular flexibility index (Phi) is 4.87. The first-order chi connectivity index (χ1) is 12.6. The zero-order valence-electron chi connectivity index (χ0n) is 15.0. The van der Waals surface area contributed by atoms with Gasteiger partial charge in [-0.25, -0.2) is 0 Å². The molecule has 1 aliphatic heterocycles. The van der Waals surface area contributed by atoms with Crippen LogP contribution in [-0.2, 0) is 11.3 Å². The van der Waals surface area contributed by atoms with E-state index in [1.165, 1.54) is 12.0 Å². The van der Waals surface area contributed by atoms with Gasteiger partial charge in [0.2, 0.25) is 5.91 Å². The Morgan fingerprint density at radius 1 is 1.19 bits per heavy atom. The van der Waals surface area contributed by atoms with E-state index in [2.05, 4.69) is 22.1 Å². The first-order valence-corrected chi connectivity index (χ1v) is 10.1. The molecule has 0 saturated heterocycles. The van der Waals surface area contributed by atoms with Crippen LogP contribution >= 0.6 is 11.3 Å². The average Bonchev–Trinajstić information content (AvgIpc) is 3.22. The Hall–Kier alpha value is -2.05. The van der Waals surface area contributed by atoms with Crippen molar-refractivity contribution in [2.45, 2.75) is 44.4 Å². The Morgan fingerprint density at radius 3 is 2.77 bits per heavy atom. The molecule has 2 aliphatic rings. The van der Waals surface area contributed by atoms with E-state index in [1.807, 2.05) is 30.1 Å². The maximum absolute atomic E-state index is 12.3. The lowest BCUT2D eigenvalue weighted by atomic mass is 9.94. The molecule has 138 valence electrons. The van der Waals surface area contributed by atoms with Gasteiger partial charge in [0, 0.05) is 31.1 Å². The third-order valence-electron chi connectivity index (χ3n) is 4.88. The minimum absolute atomic E-state index is 0.0334. The van der Waals surface area contributed by atoms with Crippen molar-refractivity contribution in [2.75, 3.05) is 18.9 Å². The lowest BCUT2D eigenvalue weighted by Crippen LogP contribution is -2.40. The Balaban J connectivity index is 1.35. The van der Waals surface area contributed by atoms with Crippen LogP contribution in [0.5, 0.6) is 11.5 Å². The van der Waals surface area contributed by atoms with Crippen molar-refractivity contribution in [1.29, 1.82) is 0 Å². The minimum atomic E-state index is -0.482. The minimum Gasteiger partial charge on any atom is -0.448 e. The summed E-state index contributed by atoms with van der Waals surface area (Å²) >= 11 is 1.67. The molecule has 1 spiro atoms. The van der Waals surface area contributed by atoms with E-state index in [9.17, 15) is 4.79 Å². The lowest BCUT2D eigenvalue weighted by Gasteiger charge is -2.31. The molecule has 0 atom stereocenters. The number of carbonyl (C=O) groups excluding carboxylic acids is 1. The van der Waals surface area contributed by atoms with Crippen molar-refractivity contribution in [3.8, 4) is 11.5 Å². The molecule has 1 amide bonds. The van der Waals surface area contributed by atoms with Gasteiger partial charge in [-0.3, -0.25) is 9.69 Å². The number of nitrogens with one attached hydrogen (secondary N) is 1. The van der Waals surface area contributed by atoms with Crippen molar-refractivity contribution in [2.24, 2.45) is 0 Å². The number of carbonyl (C=O) groups is 1. The number of amides is 1. The van der Waals surface area contributed by atoms with Crippen LogP contribution in [-0.4, -0.2) is 30.2 Å². The number of thiophene rings is 1. The van der Waals surface area contributed by atoms with Gasteiger partial charge in [-0.2, -0.15) is 11.3 Å². The number of ether oxygens (including phenoxy) is 2. The molecular weight excluding hydrogens is 348 g/mol. The summed E-state index contributed by atoms with van der Waals surface area (Å²) in [5, 5.41) is 7.11. The van der Waals surface area contributed by atoms with Gasteiger partial charge in [0.1, 0.15) is 0 Å². The van der Waals surface area contributed by atoms with E-state index in [4.69, 9.17) is 9.47 Å². The number of rotatable bonds is 5. The fourth-order valence-electron chi connectivity index (χ4n) is 3.66. The highest BCUT2D eigenvalue weighted by Crippen LogP contribution is 2.46. The number of nitrogens with zero attached hydrogens (tertiary/aromatic N) is 1. The van der Waals surface area contributed by atoms with Crippen LogP contribution in [0.25, 0.3) is 0 Å². The van der Waals surface area contributed by atoms with Crippen molar-refractivity contribution in [3.05, 3.63) is 40.6 Å². The molecule has 1 aliphatic carbocycles. The maximum atomic E-state index is 12.3. The van der Waals surface area contributed by atoms with Crippen molar-refractivity contribution < 1.29 is 14.3 Å². The Labute approximate surface area is 157 Å². The summed E-state index contributed by atoms with van der Waals surface area (Å²) in [6, 6.07) is 7.72. The summed E-state index contributed by atoms with van der Waals surface area (Å²) in [6.45, 7) is 1.11. The van der Waals surface area contributed by atoms with Crippen LogP contribution in [0.15, 0.2) is 35.0 Å². The second kappa shape index (κ2) is 7.29. The highest BCUT2D eigenvalue weighted by molar-refractivity contribution is 7.07. The predicted molar refractivity (Wildman–Crippen MR) is 103 cm³/mol. The highest BCUT2D eigenvalue weighted by Gasteiger charge is 2.42. The van der Waals surface area contributed by atoms with Gasteiger partial charge in [-0.05, 0) is 54.4 Å². The van der Waals surface area contributed by atoms with Crippen LogP contribution in [0.3, 0.4) is 0 Å². The number of hydrogen-bond acceptors (Lipinski definition) is 5. The van der Waals surface area contributed by atoms with Gasteiger partial charge in [0.05, 0.1) is 6.54 Å². The molecule has 1 N–H and O–H groups in total. The van der Waals surface area contributed by atoms with Crippen LogP contribution in [0, 0.1) is 0 Å². The average molecular weight is 372 g/mol. The first kappa shape index (κ1) is 17.4. The fourth-order valence-corrected chi connectivity index (χ4v) is 4.32. The molecule has 1 fully saturated rings. The second-order valence-electron chi connectivity index (χ2n) is 7.19. The largest absolute Gasteiger partial charge is 0.448 e. The first-order valence-electron chi connectivity index (χ1n) is 9.13. The third-order valence-corrected chi connectivity index (χ3v) is 5.61. The van der Waals surface area contributed by atoms with Gasteiger partial charge in [-0.1, -0.05) is 6.42 Å². The number of fused-ring (bicyclic) bond motifs is 1. The Bertz CT molecular complexity index is 769. The van der Waals surface area contributed by atoms with Gasteiger partial charge in [0.25, 0.3) is 5.79 Å². The summed E-state index contributed by atoms with van der Waals surface area (Å²) in [5.41, 5.74) is 1.97. The van der Waals surface area contributed by atoms with Crippen molar-refractivity contribution in [3.63, 3.8) is 0 Å². The summed E-state index contributed by atoms with van der Waals surface area (Å²) in [6.07, 6.45) is 5.36. The van der Waals surface area contributed by atoms with E-state index in [0.29, 0.717) is 6.54 Å². The van der Waals surface area contributed by atoms with E-state index >= 15 is 0 Å². The highest BCUT2D eigenvalue weighted by atomic mass is 32.1. The normalized spacial score (nSPS) is 17.6. The van der Waals surface area contributed by atoms with Crippen molar-refractivity contribution >= 4 is 22.9 Å². The van der Waals surface area contributed by atoms with E-state index in [1.54, 1.807) is 11.3 Å². The van der Waals surface area contributed by atoms with E-state index in [0.717, 1.165) is 49.4 Å². The quantitative estimate of drug-likeness (QED) is 0.852. The van der Waals surface area contributed by atoms with Crippen LogP contribution < -0.4 is 14.8 Å². The zero-order chi connectivity index (χ0) is 18.0. The molecule has 6 heteroatoms. The number of benzene rings is 1. The second-order valence-corrected chi connectivity index (χ2v) is 7.97. The van der Waals surface area contributed by atoms with Crippen LogP contribution in [0.4, 0.5) is 5.69 Å². The smallest absolute Gasteiger partial charge is 0.251 e. The SMILES string of the molecule is CN(CC(=O)Nc1ccc2c(c1)OC1(CCCCC1)O2)Cc1ccsc1. The molecule has 1 saturated carbocycles. The third kappa shape index (κ3) is 3.86. The summed E-state index contributed by atoms with van der Waals surface area (Å²) in [5.74, 6) is 0.994. The zero-order valence-corrected chi connectivity index (χ0v) is 15.8. The summed E-state index contributed by atoms with van der Waals surface area (Å²) < 4.78 is 12.2. The van der Waals surface area contributed by atoms with Gasteiger partial charge in [-0.15, -0.1) is 0 Å². The predicted octanol–water partition coefficient (Wildman–Crippen LogP) is 4.25. The van der Waals surface area contributed by atoms with Gasteiger partial charge >= 0.3 is 0 Å². The number of hydrogen-bond donors (Lipinski definition) is 1. The monoisotopic (exact) mass is 372 g/mol. The molecule has 4 rings (SSSR count). The summed E-state index contributed by atoms with van der Waals surface area (Å²) in [4.78, 5) is 14.3. The standard InChI is InChI=1S/C20H24N2O3S/c1-22(12-15-7-10-26-14-15)13-19(23)21-16-5-6-17-18(11-16)25-20(24-17)8-3-2-4-9-20/h5-7,10-11,14H,2-4,8-9,12-13H2,1H3,(H,21,23). The molecule has 2 aromatic rings. The van der Waals surface area contributed by atoms with Gasteiger partial charge in [0.15, 0.2) is 11.5 Å². The van der Waals surface area contributed by atoms with E-state index in [-0.39, 0.29) is 5.91 Å². The van der Waals surface area contributed by atoms with Crippen molar-refractivity contribution in [1.82, 2.24) is 4.90 Å². The molecule has 1 aromatic carbocycles. The Morgan fingerprint density at radius 2 is 2.00 bits per heavy atom. The van der Waals surface area contributed by atoms with Gasteiger partial charge < -0.3 is 14.8 Å².